The van der Waals surface area contributed by atoms with Crippen LogP contribution in [0.25, 0.3) is 0 Å². The maximum atomic E-state index is 6.07. The van der Waals surface area contributed by atoms with E-state index in [0.29, 0.717) is 5.38 Å². The first-order valence-electron chi connectivity index (χ1n) is 5.36. The second-order valence-electron chi connectivity index (χ2n) is 4.08. The maximum absolute atomic E-state index is 6.07. The Balaban J connectivity index is 2.15. The van der Waals surface area contributed by atoms with Crippen LogP contribution in [0.15, 0.2) is 6.07 Å². The molecule has 0 aliphatic carbocycles. The van der Waals surface area contributed by atoms with Crippen LogP contribution < -0.4 is 4.90 Å². The Morgan fingerprint density at radius 3 is 2.53 bits per heavy atom. The van der Waals surface area contributed by atoms with Gasteiger partial charge in [0.2, 0.25) is 0 Å². The minimum absolute atomic E-state index is 0.338. The molecule has 4 heteroatoms. The molecule has 82 valence electrons. The summed E-state index contributed by atoms with van der Waals surface area (Å²) in [6.07, 6.45) is 2.09. The zero-order chi connectivity index (χ0) is 10.8. The van der Waals surface area contributed by atoms with Crippen molar-refractivity contribution in [1.82, 2.24) is 9.97 Å². The predicted octanol–water partition coefficient (Wildman–Crippen LogP) is 2.30. The molecule has 1 aromatic rings. The van der Waals surface area contributed by atoms with E-state index in [4.69, 9.17) is 11.6 Å². The summed E-state index contributed by atoms with van der Waals surface area (Å²) in [4.78, 5) is 11.0. The third-order valence-electron chi connectivity index (χ3n) is 2.70. The fourth-order valence-electron chi connectivity index (χ4n) is 1.94. The number of hydrogen-bond donors (Lipinski definition) is 0. The van der Waals surface area contributed by atoms with Crippen molar-refractivity contribution in [3.63, 3.8) is 0 Å². The first-order chi connectivity index (χ1) is 7.15. The highest BCUT2D eigenvalue weighted by atomic mass is 35.5. The summed E-state index contributed by atoms with van der Waals surface area (Å²) in [5, 5.41) is 0.338. The van der Waals surface area contributed by atoms with E-state index in [1.54, 1.807) is 0 Å². The predicted molar refractivity (Wildman–Crippen MR) is 62.6 cm³/mol. The quantitative estimate of drug-likeness (QED) is 0.687. The van der Waals surface area contributed by atoms with Gasteiger partial charge in [-0.1, -0.05) is 0 Å². The summed E-state index contributed by atoms with van der Waals surface area (Å²) in [6, 6.07) is 2.04. The molecule has 1 saturated heterocycles. The molecular weight excluding hydrogens is 210 g/mol. The minimum Gasteiger partial charge on any atom is -0.356 e. The Hall–Kier alpha value is -0.830. The van der Waals surface area contributed by atoms with Crippen LogP contribution in [0.2, 0.25) is 0 Å². The van der Waals surface area contributed by atoms with Crippen molar-refractivity contribution in [2.24, 2.45) is 0 Å². The van der Waals surface area contributed by atoms with E-state index < -0.39 is 0 Å². The van der Waals surface area contributed by atoms with Crippen molar-refractivity contribution in [3.05, 3.63) is 17.6 Å². The fourth-order valence-corrected chi connectivity index (χ4v) is 2.13. The van der Waals surface area contributed by atoms with Gasteiger partial charge in [0, 0.05) is 30.2 Å². The zero-order valence-electron chi connectivity index (χ0n) is 9.20. The summed E-state index contributed by atoms with van der Waals surface area (Å²) in [5.74, 6) is 1.89. The summed E-state index contributed by atoms with van der Waals surface area (Å²) in [6.45, 7) is 5.95. The molecular formula is C11H16ClN3. The molecule has 0 saturated carbocycles. The highest BCUT2D eigenvalue weighted by molar-refractivity contribution is 6.20. The van der Waals surface area contributed by atoms with E-state index in [0.717, 1.165) is 43.3 Å². The van der Waals surface area contributed by atoms with Gasteiger partial charge < -0.3 is 4.90 Å². The fraction of sp³-hybridized carbons (Fsp3) is 0.636. The number of aryl methyl sites for hydroxylation is 2. The van der Waals surface area contributed by atoms with E-state index in [9.17, 15) is 0 Å². The van der Waals surface area contributed by atoms with Crippen LogP contribution in [0.1, 0.15) is 24.4 Å². The molecule has 15 heavy (non-hydrogen) atoms. The molecule has 0 atom stereocenters. The van der Waals surface area contributed by atoms with Gasteiger partial charge in [0.25, 0.3) is 0 Å². The Morgan fingerprint density at radius 2 is 1.93 bits per heavy atom. The third-order valence-corrected chi connectivity index (χ3v) is 3.14. The lowest BCUT2D eigenvalue weighted by Crippen LogP contribution is -2.34. The number of rotatable bonds is 1. The van der Waals surface area contributed by atoms with Gasteiger partial charge in [0.15, 0.2) is 0 Å². The summed E-state index contributed by atoms with van der Waals surface area (Å²) < 4.78 is 0. The van der Waals surface area contributed by atoms with Crippen molar-refractivity contribution in [2.45, 2.75) is 32.1 Å². The molecule has 0 unspecified atom stereocenters. The molecule has 0 aromatic carbocycles. The SMILES string of the molecule is Cc1cc(N2CCC(Cl)CC2)nc(C)n1. The highest BCUT2D eigenvalue weighted by Crippen LogP contribution is 2.21. The number of halogens is 1. The van der Waals surface area contributed by atoms with Crippen LogP contribution in [0.3, 0.4) is 0 Å². The summed E-state index contributed by atoms with van der Waals surface area (Å²) in [5.41, 5.74) is 1.03. The van der Waals surface area contributed by atoms with Gasteiger partial charge in [0.1, 0.15) is 11.6 Å². The monoisotopic (exact) mass is 225 g/mol. The van der Waals surface area contributed by atoms with Crippen LogP contribution in [0.4, 0.5) is 5.82 Å². The molecule has 3 nitrogen and oxygen atoms in total. The van der Waals surface area contributed by atoms with Crippen molar-refractivity contribution >= 4 is 17.4 Å². The highest BCUT2D eigenvalue weighted by Gasteiger charge is 2.18. The second kappa shape index (κ2) is 4.35. The molecule has 0 bridgehead atoms. The number of piperidine rings is 1. The maximum Gasteiger partial charge on any atom is 0.132 e. The van der Waals surface area contributed by atoms with Crippen molar-refractivity contribution < 1.29 is 0 Å². The van der Waals surface area contributed by atoms with Gasteiger partial charge >= 0.3 is 0 Å². The number of alkyl halides is 1. The molecule has 2 heterocycles. The molecule has 0 amide bonds. The molecule has 1 fully saturated rings. The summed E-state index contributed by atoms with van der Waals surface area (Å²) in [7, 11) is 0. The second-order valence-corrected chi connectivity index (χ2v) is 4.69. The van der Waals surface area contributed by atoms with E-state index >= 15 is 0 Å². The Labute approximate surface area is 95.5 Å². The Bertz CT molecular complexity index is 325. The van der Waals surface area contributed by atoms with E-state index in [1.165, 1.54) is 0 Å². The number of anilines is 1. The van der Waals surface area contributed by atoms with Gasteiger partial charge in [-0.3, -0.25) is 0 Å². The van der Waals surface area contributed by atoms with E-state index in [1.807, 2.05) is 19.9 Å². The van der Waals surface area contributed by atoms with Gasteiger partial charge in [-0.25, -0.2) is 9.97 Å². The molecule has 0 radical (unpaired) electrons. The zero-order valence-corrected chi connectivity index (χ0v) is 9.96. The van der Waals surface area contributed by atoms with Crippen LogP contribution in [-0.4, -0.2) is 28.4 Å². The molecule has 1 aliphatic heterocycles. The van der Waals surface area contributed by atoms with Gasteiger partial charge in [-0.2, -0.15) is 0 Å². The van der Waals surface area contributed by atoms with Gasteiger partial charge in [0.05, 0.1) is 0 Å². The lowest BCUT2D eigenvalue weighted by atomic mass is 10.1. The van der Waals surface area contributed by atoms with Gasteiger partial charge in [-0.15, -0.1) is 11.6 Å². The molecule has 1 aliphatic rings. The van der Waals surface area contributed by atoms with Gasteiger partial charge in [-0.05, 0) is 26.7 Å². The lowest BCUT2D eigenvalue weighted by molar-refractivity contribution is 0.579. The van der Waals surface area contributed by atoms with Crippen molar-refractivity contribution in [1.29, 1.82) is 0 Å². The smallest absolute Gasteiger partial charge is 0.132 e. The first kappa shape index (κ1) is 10.7. The van der Waals surface area contributed by atoms with Crippen LogP contribution >= 0.6 is 11.6 Å². The van der Waals surface area contributed by atoms with Crippen molar-refractivity contribution in [2.75, 3.05) is 18.0 Å². The van der Waals surface area contributed by atoms with Crippen molar-refractivity contribution in [3.8, 4) is 0 Å². The van der Waals surface area contributed by atoms with Crippen LogP contribution in [0, 0.1) is 13.8 Å². The standard InChI is InChI=1S/C11H16ClN3/c1-8-7-11(14-9(2)13-8)15-5-3-10(12)4-6-15/h7,10H,3-6H2,1-2H3. The average Bonchev–Trinajstić information content (AvgIpc) is 2.17. The average molecular weight is 226 g/mol. The van der Waals surface area contributed by atoms with Crippen LogP contribution in [-0.2, 0) is 0 Å². The van der Waals surface area contributed by atoms with Crippen LogP contribution in [0.5, 0.6) is 0 Å². The van der Waals surface area contributed by atoms with E-state index in [-0.39, 0.29) is 0 Å². The lowest BCUT2D eigenvalue weighted by Gasteiger charge is -2.30. The number of hydrogen-bond acceptors (Lipinski definition) is 3. The third kappa shape index (κ3) is 2.59. The van der Waals surface area contributed by atoms with E-state index in [2.05, 4.69) is 14.9 Å². The normalized spacial score (nSPS) is 18.2. The topological polar surface area (TPSA) is 29.0 Å². The molecule has 0 spiro atoms. The summed E-state index contributed by atoms with van der Waals surface area (Å²) >= 11 is 6.07. The Morgan fingerprint density at radius 1 is 1.27 bits per heavy atom. The largest absolute Gasteiger partial charge is 0.356 e. The number of aromatic nitrogens is 2. The Kier molecular flexibility index (Phi) is 3.10. The minimum atomic E-state index is 0.338. The molecule has 0 N–H and O–H groups in total. The molecule has 2 rings (SSSR count). The number of nitrogens with zero attached hydrogens (tertiary/aromatic N) is 3. The molecule has 1 aromatic heterocycles. The first-order valence-corrected chi connectivity index (χ1v) is 5.80.